The summed E-state index contributed by atoms with van der Waals surface area (Å²) in [6.45, 7) is 7.83. The van der Waals surface area contributed by atoms with Crippen LogP contribution >= 0.6 is 11.8 Å². The van der Waals surface area contributed by atoms with Crippen molar-refractivity contribution >= 4 is 23.6 Å². The molecule has 0 heterocycles. The molecule has 4 nitrogen and oxygen atoms in total. The van der Waals surface area contributed by atoms with Gasteiger partial charge in [0, 0.05) is 18.1 Å². The van der Waals surface area contributed by atoms with Gasteiger partial charge in [0.15, 0.2) is 0 Å². The second-order valence-corrected chi connectivity index (χ2v) is 5.92. The molecule has 1 saturated carbocycles. The van der Waals surface area contributed by atoms with Crippen molar-refractivity contribution in [3.8, 4) is 0 Å². The van der Waals surface area contributed by atoms with Gasteiger partial charge in [-0.15, -0.1) is 6.58 Å². The molecule has 1 fully saturated rings. The number of aliphatic carboxylic acids is 1. The van der Waals surface area contributed by atoms with Crippen LogP contribution in [0.1, 0.15) is 13.8 Å². The molecule has 1 rings (SSSR count). The number of thioether (sulfide) groups is 1. The molecule has 17 heavy (non-hydrogen) atoms. The van der Waals surface area contributed by atoms with Crippen LogP contribution in [0, 0.1) is 17.3 Å². The lowest BCUT2D eigenvalue weighted by atomic mass is 10.1. The summed E-state index contributed by atoms with van der Waals surface area (Å²) in [7, 11) is 0. The van der Waals surface area contributed by atoms with Crippen LogP contribution in [-0.4, -0.2) is 35.0 Å². The lowest BCUT2D eigenvalue weighted by molar-refractivity contribution is -0.140. The molecule has 1 aliphatic rings. The Labute approximate surface area is 106 Å². The van der Waals surface area contributed by atoms with E-state index >= 15 is 0 Å². The first kappa shape index (κ1) is 14.1. The molecule has 0 saturated heterocycles. The Kier molecular flexibility index (Phi) is 4.62. The summed E-state index contributed by atoms with van der Waals surface area (Å²) >= 11 is 1.69. The Morgan fingerprint density at radius 3 is 2.59 bits per heavy atom. The van der Waals surface area contributed by atoms with Crippen LogP contribution in [0.4, 0.5) is 0 Å². The predicted octanol–water partition coefficient (Wildman–Crippen LogP) is 1.38. The number of amides is 1. The van der Waals surface area contributed by atoms with Gasteiger partial charge < -0.3 is 10.4 Å². The average molecular weight is 257 g/mol. The lowest BCUT2D eigenvalue weighted by Gasteiger charge is -2.05. The summed E-state index contributed by atoms with van der Waals surface area (Å²) in [6, 6.07) is 0. The summed E-state index contributed by atoms with van der Waals surface area (Å²) in [6.07, 6.45) is 1.82. The van der Waals surface area contributed by atoms with Crippen LogP contribution in [0.5, 0.6) is 0 Å². The highest BCUT2D eigenvalue weighted by Crippen LogP contribution is 2.58. The highest BCUT2D eigenvalue weighted by molar-refractivity contribution is 7.99. The highest BCUT2D eigenvalue weighted by Gasteiger charge is 2.65. The fourth-order valence-corrected chi connectivity index (χ4v) is 2.69. The number of carboxylic acids is 1. The van der Waals surface area contributed by atoms with E-state index in [1.54, 1.807) is 11.8 Å². The monoisotopic (exact) mass is 257 g/mol. The molecule has 96 valence electrons. The first-order valence-corrected chi connectivity index (χ1v) is 6.77. The molecule has 2 atom stereocenters. The van der Waals surface area contributed by atoms with Crippen molar-refractivity contribution in [3.05, 3.63) is 12.7 Å². The van der Waals surface area contributed by atoms with Crippen molar-refractivity contribution in [1.82, 2.24) is 5.32 Å². The van der Waals surface area contributed by atoms with Gasteiger partial charge in [-0.25, -0.2) is 0 Å². The highest BCUT2D eigenvalue weighted by atomic mass is 32.2. The third-order valence-electron chi connectivity index (χ3n) is 3.16. The number of hydrogen-bond donors (Lipinski definition) is 2. The molecule has 0 bridgehead atoms. The van der Waals surface area contributed by atoms with Gasteiger partial charge in [0.2, 0.25) is 5.91 Å². The van der Waals surface area contributed by atoms with Crippen molar-refractivity contribution in [2.75, 3.05) is 18.1 Å². The zero-order valence-electron chi connectivity index (χ0n) is 10.2. The number of hydrogen-bond acceptors (Lipinski definition) is 3. The van der Waals surface area contributed by atoms with E-state index in [-0.39, 0.29) is 11.8 Å². The maximum atomic E-state index is 11.8. The zero-order chi connectivity index (χ0) is 13.1. The first-order chi connectivity index (χ1) is 7.92. The fraction of sp³-hybridized carbons (Fsp3) is 0.667. The molecule has 1 aliphatic carbocycles. The van der Waals surface area contributed by atoms with E-state index in [1.807, 2.05) is 19.9 Å². The van der Waals surface area contributed by atoms with Gasteiger partial charge >= 0.3 is 5.97 Å². The van der Waals surface area contributed by atoms with Crippen LogP contribution in [0.25, 0.3) is 0 Å². The predicted molar refractivity (Wildman–Crippen MR) is 68.9 cm³/mol. The summed E-state index contributed by atoms with van der Waals surface area (Å²) in [5.74, 6) is -0.254. The molecule has 5 heteroatoms. The van der Waals surface area contributed by atoms with Gasteiger partial charge in [0.05, 0.1) is 11.8 Å². The van der Waals surface area contributed by atoms with Crippen LogP contribution < -0.4 is 5.32 Å². The fourth-order valence-electron chi connectivity index (χ4n) is 2.11. The van der Waals surface area contributed by atoms with E-state index in [1.165, 1.54) is 0 Å². The molecule has 0 aliphatic heterocycles. The van der Waals surface area contributed by atoms with Gasteiger partial charge in [-0.3, -0.25) is 9.59 Å². The Bertz CT molecular complexity index is 328. The van der Waals surface area contributed by atoms with Crippen molar-refractivity contribution in [3.63, 3.8) is 0 Å². The van der Waals surface area contributed by atoms with Crippen LogP contribution in [-0.2, 0) is 9.59 Å². The van der Waals surface area contributed by atoms with E-state index < -0.39 is 17.3 Å². The minimum atomic E-state index is -0.879. The third kappa shape index (κ3) is 3.25. The second kappa shape index (κ2) is 5.58. The van der Waals surface area contributed by atoms with Gasteiger partial charge in [0.25, 0.3) is 0 Å². The van der Waals surface area contributed by atoms with E-state index in [0.29, 0.717) is 6.54 Å². The van der Waals surface area contributed by atoms with Gasteiger partial charge in [-0.05, 0) is 5.41 Å². The topological polar surface area (TPSA) is 66.4 Å². The molecular weight excluding hydrogens is 238 g/mol. The van der Waals surface area contributed by atoms with Crippen LogP contribution in [0.15, 0.2) is 12.7 Å². The molecule has 1 amide bonds. The Morgan fingerprint density at radius 2 is 2.12 bits per heavy atom. The van der Waals surface area contributed by atoms with E-state index in [4.69, 9.17) is 5.11 Å². The summed E-state index contributed by atoms with van der Waals surface area (Å²) in [5, 5.41) is 11.7. The third-order valence-corrected chi connectivity index (χ3v) is 4.12. The molecular formula is C12H19NO3S. The summed E-state index contributed by atoms with van der Waals surface area (Å²) in [5.41, 5.74) is -0.413. The largest absolute Gasteiger partial charge is 0.481 e. The van der Waals surface area contributed by atoms with Crippen molar-refractivity contribution in [2.24, 2.45) is 17.3 Å². The Morgan fingerprint density at radius 1 is 1.47 bits per heavy atom. The first-order valence-electron chi connectivity index (χ1n) is 5.62. The molecule has 2 N–H and O–H groups in total. The SMILES string of the molecule is C=CCSCCNC(=O)C1C(C(=O)O)C1(C)C. The molecule has 0 aromatic carbocycles. The molecule has 0 spiro atoms. The number of carboxylic acid groups (broad SMARTS) is 1. The number of nitrogens with one attached hydrogen (secondary N) is 1. The van der Waals surface area contributed by atoms with E-state index in [9.17, 15) is 9.59 Å². The number of carbonyl (C=O) groups excluding carboxylic acids is 1. The summed E-state index contributed by atoms with van der Waals surface area (Å²) < 4.78 is 0. The number of carbonyl (C=O) groups is 2. The Balaban J connectivity index is 2.30. The molecule has 0 aromatic rings. The Hall–Kier alpha value is -0.970. The lowest BCUT2D eigenvalue weighted by Crippen LogP contribution is -2.29. The van der Waals surface area contributed by atoms with Crippen molar-refractivity contribution in [1.29, 1.82) is 0 Å². The van der Waals surface area contributed by atoms with E-state index in [0.717, 1.165) is 11.5 Å². The van der Waals surface area contributed by atoms with Crippen LogP contribution in [0.3, 0.4) is 0 Å². The molecule has 0 aromatic heterocycles. The summed E-state index contributed by atoms with van der Waals surface area (Å²) in [4.78, 5) is 22.7. The standard InChI is InChI=1S/C12H19NO3S/c1-4-6-17-7-5-13-10(14)8-9(11(15)16)12(8,2)3/h4,8-9H,1,5-7H2,2-3H3,(H,13,14)(H,15,16). The maximum absolute atomic E-state index is 11.8. The van der Waals surface area contributed by atoms with Gasteiger partial charge in [0.1, 0.15) is 0 Å². The average Bonchev–Trinajstić information content (AvgIpc) is 2.81. The minimum absolute atomic E-state index is 0.137. The van der Waals surface area contributed by atoms with E-state index in [2.05, 4.69) is 11.9 Å². The van der Waals surface area contributed by atoms with Crippen molar-refractivity contribution < 1.29 is 14.7 Å². The van der Waals surface area contributed by atoms with Gasteiger partial charge in [-0.2, -0.15) is 11.8 Å². The minimum Gasteiger partial charge on any atom is -0.481 e. The maximum Gasteiger partial charge on any atom is 0.307 e. The zero-order valence-corrected chi connectivity index (χ0v) is 11.0. The normalized spacial score (nSPS) is 25.1. The van der Waals surface area contributed by atoms with Gasteiger partial charge in [-0.1, -0.05) is 19.9 Å². The molecule has 0 radical (unpaired) electrons. The quantitative estimate of drug-likeness (QED) is 0.534. The van der Waals surface area contributed by atoms with Crippen LogP contribution in [0.2, 0.25) is 0 Å². The second-order valence-electron chi connectivity index (χ2n) is 4.77. The molecule has 2 unspecified atom stereocenters. The smallest absolute Gasteiger partial charge is 0.307 e. The van der Waals surface area contributed by atoms with Crippen molar-refractivity contribution in [2.45, 2.75) is 13.8 Å². The number of rotatable bonds is 7.